The first-order valence-electron chi connectivity index (χ1n) is 6.69. The SMILES string of the molecule is CC(C)CNCCOc1ccc2ccccc2c1Br. The van der Waals surface area contributed by atoms with Gasteiger partial charge in [0.15, 0.2) is 0 Å². The first kappa shape index (κ1) is 14.4. The Kier molecular flexibility index (Phi) is 5.23. The molecule has 102 valence electrons. The number of benzene rings is 2. The molecule has 0 aliphatic heterocycles. The second-order valence-corrected chi connectivity index (χ2v) is 5.84. The lowest BCUT2D eigenvalue weighted by molar-refractivity contribution is 0.309. The van der Waals surface area contributed by atoms with E-state index in [2.05, 4.69) is 53.3 Å². The fraction of sp³-hybridized carbons (Fsp3) is 0.375. The Morgan fingerprint density at radius 2 is 1.95 bits per heavy atom. The molecule has 2 aromatic rings. The summed E-state index contributed by atoms with van der Waals surface area (Å²) in [5, 5.41) is 5.78. The Labute approximate surface area is 123 Å². The molecule has 0 aliphatic rings. The molecule has 0 bridgehead atoms. The Morgan fingerprint density at radius 1 is 1.16 bits per heavy atom. The minimum atomic E-state index is 0.674. The van der Waals surface area contributed by atoms with Crippen LogP contribution in [0.3, 0.4) is 0 Å². The number of rotatable bonds is 6. The van der Waals surface area contributed by atoms with E-state index < -0.39 is 0 Å². The van der Waals surface area contributed by atoms with E-state index in [4.69, 9.17) is 4.74 Å². The molecule has 0 radical (unpaired) electrons. The van der Waals surface area contributed by atoms with Crippen LogP contribution in [0.15, 0.2) is 40.9 Å². The van der Waals surface area contributed by atoms with Crippen molar-refractivity contribution in [1.29, 1.82) is 0 Å². The average Bonchev–Trinajstić information content (AvgIpc) is 2.41. The molecular formula is C16H20BrNO. The zero-order valence-electron chi connectivity index (χ0n) is 11.4. The zero-order chi connectivity index (χ0) is 13.7. The number of fused-ring (bicyclic) bond motifs is 1. The summed E-state index contributed by atoms with van der Waals surface area (Å²) in [6.07, 6.45) is 0. The van der Waals surface area contributed by atoms with Crippen molar-refractivity contribution in [3.8, 4) is 5.75 Å². The Bertz CT molecular complexity index is 539. The maximum absolute atomic E-state index is 5.82. The third-order valence-corrected chi connectivity index (χ3v) is 3.73. The molecule has 0 atom stereocenters. The lowest BCUT2D eigenvalue weighted by atomic mass is 10.1. The standard InChI is InChI=1S/C16H20BrNO/c1-12(2)11-18-9-10-19-15-8-7-13-5-3-4-6-14(13)16(15)17/h3-8,12,18H,9-11H2,1-2H3. The number of nitrogens with one attached hydrogen (secondary N) is 1. The molecule has 0 saturated heterocycles. The van der Waals surface area contributed by atoms with Gasteiger partial charge in [-0.2, -0.15) is 0 Å². The topological polar surface area (TPSA) is 21.3 Å². The molecule has 2 rings (SSSR count). The third kappa shape index (κ3) is 3.95. The number of hydrogen-bond acceptors (Lipinski definition) is 2. The summed E-state index contributed by atoms with van der Waals surface area (Å²) in [5.74, 6) is 1.58. The molecule has 0 fully saturated rings. The predicted molar refractivity (Wildman–Crippen MR) is 84.9 cm³/mol. The van der Waals surface area contributed by atoms with Gasteiger partial charge in [0.2, 0.25) is 0 Å². The summed E-state index contributed by atoms with van der Waals surface area (Å²) in [7, 11) is 0. The zero-order valence-corrected chi connectivity index (χ0v) is 13.0. The highest BCUT2D eigenvalue weighted by Crippen LogP contribution is 2.32. The van der Waals surface area contributed by atoms with Gasteiger partial charge < -0.3 is 10.1 Å². The quantitative estimate of drug-likeness (QED) is 0.804. The van der Waals surface area contributed by atoms with E-state index in [1.54, 1.807) is 0 Å². The van der Waals surface area contributed by atoms with Crippen LogP contribution in [-0.4, -0.2) is 19.7 Å². The van der Waals surface area contributed by atoms with Crippen molar-refractivity contribution in [2.24, 2.45) is 5.92 Å². The molecule has 0 amide bonds. The van der Waals surface area contributed by atoms with Gasteiger partial charge in [0.05, 0.1) is 4.47 Å². The fourth-order valence-corrected chi connectivity index (χ4v) is 2.56. The molecule has 2 nitrogen and oxygen atoms in total. The highest BCUT2D eigenvalue weighted by Gasteiger charge is 2.05. The predicted octanol–water partition coefficient (Wildman–Crippen LogP) is 4.23. The van der Waals surface area contributed by atoms with Crippen LogP contribution in [0.2, 0.25) is 0 Å². The van der Waals surface area contributed by atoms with E-state index in [-0.39, 0.29) is 0 Å². The summed E-state index contributed by atoms with van der Waals surface area (Å²) in [6.45, 7) is 6.99. The van der Waals surface area contributed by atoms with Crippen molar-refractivity contribution in [2.75, 3.05) is 19.7 Å². The van der Waals surface area contributed by atoms with Crippen molar-refractivity contribution in [1.82, 2.24) is 5.32 Å². The van der Waals surface area contributed by atoms with Crippen LogP contribution in [0.25, 0.3) is 10.8 Å². The number of ether oxygens (including phenoxy) is 1. The maximum atomic E-state index is 5.82. The molecule has 1 N–H and O–H groups in total. The highest BCUT2D eigenvalue weighted by atomic mass is 79.9. The Morgan fingerprint density at radius 3 is 2.74 bits per heavy atom. The largest absolute Gasteiger partial charge is 0.491 e. The second-order valence-electron chi connectivity index (χ2n) is 5.05. The van der Waals surface area contributed by atoms with Gasteiger partial charge in [-0.1, -0.05) is 44.2 Å². The molecule has 0 aromatic heterocycles. The molecule has 2 aromatic carbocycles. The van der Waals surface area contributed by atoms with E-state index in [1.165, 1.54) is 10.8 Å². The van der Waals surface area contributed by atoms with Crippen molar-refractivity contribution < 1.29 is 4.74 Å². The molecule has 0 saturated carbocycles. The third-order valence-electron chi connectivity index (χ3n) is 2.92. The summed E-state index contributed by atoms with van der Waals surface area (Å²) in [6, 6.07) is 12.4. The minimum Gasteiger partial charge on any atom is -0.491 e. The molecule has 3 heteroatoms. The van der Waals surface area contributed by atoms with Gasteiger partial charge in [0.1, 0.15) is 12.4 Å². The van der Waals surface area contributed by atoms with Crippen LogP contribution in [0.5, 0.6) is 5.75 Å². The van der Waals surface area contributed by atoms with Crippen molar-refractivity contribution in [2.45, 2.75) is 13.8 Å². The van der Waals surface area contributed by atoms with Crippen molar-refractivity contribution in [3.05, 3.63) is 40.9 Å². The molecule has 19 heavy (non-hydrogen) atoms. The Hall–Kier alpha value is -1.06. The van der Waals surface area contributed by atoms with Crippen LogP contribution in [0, 0.1) is 5.92 Å². The van der Waals surface area contributed by atoms with Crippen LogP contribution in [0.1, 0.15) is 13.8 Å². The molecule has 0 unspecified atom stereocenters. The first-order chi connectivity index (χ1) is 9.18. The van der Waals surface area contributed by atoms with Crippen LogP contribution in [-0.2, 0) is 0 Å². The smallest absolute Gasteiger partial charge is 0.134 e. The highest BCUT2D eigenvalue weighted by molar-refractivity contribution is 9.10. The van der Waals surface area contributed by atoms with E-state index in [0.717, 1.165) is 23.3 Å². The molecule has 0 spiro atoms. The fourth-order valence-electron chi connectivity index (χ4n) is 1.95. The van der Waals surface area contributed by atoms with Gasteiger partial charge in [-0.3, -0.25) is 0 Å². The summed E-state index contributed by atoms with van der Waals surface area (Å²) in [4.78, 5) is 0. The summed E-state index contributed by atoms with van der Waals surface area (Å²) < 4.78 is 6.85. The summed E-state index contributed by atoms with van der Waals surface area (Å²) >= 11 is 3.63. The van der Waals surface area contributed by atoms with E-state index in [1.807, 2.05) is 18.2 Å². The van der Waals surface area contributed by atoms with Crippen LogP contribution < -0.4 is 10.1 Å². The second kappa shape index (κ2) is 6.92. The minimum absolute atomic E-state index is 0.674. The van der Waals surface area contributed by atoms with E-state index in [0.29, 0.717) is 12.5 Å². The molecular weight excluding hydrogens is 302 g/mol. The normalized spacial score (nSPS) is 11.2. The van der Waals surface area contributed by atoms with Gasteiger partial charge in [0.25, 0.3) is 0 Å². The van der Waals surface area contributed by atoms with Crippen molar-refractivity contribution >= 4 is 26.7 Å². The molecule has 0 heterocycles. The van der Waals surface area contributed by atoms with Gasteiger partial charge in [0, 0.05) is 6.54 Å². The average molecular weight is 322 g/mol. The maximum Gasteiger partial charge on any atom is 0.134 e. The lowest BCUT2D eigenvalue weighted by Crippen LogP contribution is -2.25. The van der Waals surface area contributed by atoms with Gasteiger partial charge >= 0.3 is 0 Å². The number of halogens is 1. The van der Waals surface area contributed by atoms with Gasteiger partial charge in [-0.15, -0.1) is 0 Å². The van der Waals surface area contributed by atoms with E-state index in [9.17, 15) is 0 Å². The summed E-state index contributed by atoms with van der Waals surface area (Å²) in [5.41, 5.74) is 0. The first-order valence-corrected chi connectivity index (χ1v) is 7.48. The lowest BCUT2D eigenvalue weighted by Gasteiger charge is -2.11. The number of hydrogen-bond donors (Lipinski definition) is 1. The van der Waals surface area contributed by atoms with Crippen molar-refractivity contribution in [3.63, 3.8) is 0 Å². The Balaban J connectivity index is 1.96. The van der Waals surface area contributed by atoms with Crippen LogP contribution in [0.4, 0.5) is 0 Å². The van der Waals surface area contributed by atoms with Gasteiger partial charge in [-0.05, 0) is 45.2 Å². The van der Waals surface area contributed by atoms with E-state index >= 15 is 0 Å². The van der Waals surface area contributed by atoms with Crippen LogP contribution >= 0.6 is 15.9 Å². The van der Waals surface area contributed by atoms with Gasteiger partial charge in [-0.25, -0.2) is 0 Å². The molecule has 0 aliphatic carbocycles. The monoisotopic (exact) mass is 321 g/mol.